The maximum Gasteiger partial charge on any atom is 0.387 e. The van der Waals surface area contributed by atoms with Crippen molar-refractivity contribution in [2.45, 2.75) is 20.1 Å². The number of aryl methyl sites for hydroxylation is 1. The van der Waals surface area contributed by atoms with Gasteiger partial charge in [-0.3, -0.25) is 4.79 Å². The van der Waals surface area contributed by atoms with Gasteiger partial charge in [0.25, 0.3) is 5.91 Å². The molecule has 3 rings (SSSR count). The van der Waals surface area contributed by atoms with E-state index in [1.807, 2.05) is 35.8 Å². The highest BCUT2D eigenvalue weighted by Gasteiger charge is 2.09. The van der Waals surface area contributed by atoms with Crippen LogP contribution in [0.5, 0.6) is 5.75 Å². The molecule has 0 fully saturated rings. The molecule has 25 heavy (non-hydrogen) atoms. The van der Waals surface area contributed by atoms with Gasteiger partial charge in [0.15, 0.2) is 0 Å². The molecule has 0 unspecified atom stereocenters. The van der Waals surface area contributed by atoms with Crippen molar-refractivity contribution in [2.24, 2.45) is 0 Å². The van der Waals surface area contributed by atoms with Gasteiger partial charge in [-0.2, -0.15) is 8.78 Å². The van der Waals surface area contributed by atoms with Gasteiger partial charge in [-0.05, 0) is 43.3 Å². The molecule has 0 saturated carbocycles. The lowest BCUT2D eigenvalue weighted by molar-refractivity contribution is -0.0498. The molecule has 1 amide bonds. The van der Waals surface area contributed by atoms with Crippen LogP contribution in [0.1, 0.15) is 16.2 Å². The van der Waals surface area contributed by atoms with E-state index in [1.54, 1.807) is 0 Å². The highest BCUT2D eigenvalue weighted by Crippen LogP contribution is 2.16. The summed E-state index contributed by atoms with van der Waals surface area (Å²) in [5.74, 6) is 0.627. The molecule has 130 valence electrons. The first-order valence-electron chi connectivity index (χ1n) is 7.79. The fraction of sp³-hybridized carbons (Fsp3) is 0.222. The van der Waals surface area contributed by atoms with Crippen LogP contribution < -0.4 is 10.1 Å². The summed E-state index contributed by atoms with van der Waals surface area (Å²) in [6.07, 6.45) is 0. The average Bonchev–Trinajstić information content (AvgIpc) is 2.90. The zero-order valence-electron chi connectivity index (χ0n) is 13.6. The summed E-state index contributed by atoms with van der Waals surface area (Å²) in [4.78, 5) is 16.6. The van der Waals surface area contributed by atoms with E-state index in [-0.39, 0.29) is 11.7 Å². The first-order chi connectivity index (χ1) is 12.0. The molecule has 5 nitrogen and oxygen atoms in total. The Labute approximate surface area is 143 Å². The van der Waals surface area contributed by atoms with E-state index in [2.05, 4.69) is 15.0 Å². The first-order valence-corrected chi connectivity index (χ1v) is 7.79. The standard InChI is InChI=1S/C18H17F2N3O2/c1-12-22-15-4-2-3-5-16(15)23(12)11-10-21-17(24)13-6-8-14(9-7-13)25-18(19)20/h2-9,18H,10-11H2,1H3,(H,21,24). The Hall–Kier alpha value is -2.96. The zero-order chi connectivity index (χ0) is 17.8. The quantitative estimate of drug-likeness (QED) is 0.745. The summed E-state index contributed by atoms with van der Waals surface area (Å²) in [6, 6.07) is 13.4. The molecule has 1 N–H and O–H groups in total. The summed E-state index contributed by atoms with van der Waals surface area (Å²) in [5, 5.41) is 2.81. The number of rotatable bonds is 6. The van der Waals surface area contributed by atoms with E-state index >= 15 is 0 Å². The van der Waals surface area contributed by atoms with E-state index in [9.17, 15) is 13.6 Å². The number of carbonyl (C=O) groups is 1. The Morgan fingerprint density at radius 1 is 1.20 bits per heavy atom. The average molecular weight is 345 g/mol. The highest BCUT2D eigenvalue weighted by atomic mass is 19.3. The minimum Gasteiger partial charge on any atom is -0.435 e. The van der Waals surface area contributed by atoms with Crippen molar-refractivity contribution < 1.29 is 18.3 Å². The molecule has 0 aliphatic heterocycles. The summed E-state index contributed by atoms with van der Waals surface area (Å²) < 4.78 is 30.5. The minimum absolute atomic E-state index is 0.0204. The molecule has 1 heterocycles. The largest absolute Gasteiger partial charge is 0.435 e. The number of imidazole rings is 1. The Bertz CT molecular complexity index is 876. The highest BCUT2D eigenvalue weighted by molar-refractivity contribution is 5.94. The van der Waals surface area contributed by atoms with Crippen LogP contribution in [0.15, 0.2) is 48.5 Å². The van der Waals surface area contributed by atoms with Gasteiger partial charge in [0.05, 0.1) is 11.0 Å². The zero-order valence-corrected chi connectivity index (χ0v) is 13.6. The lowest BCUT2D eigenvalue weighted by Gasteiger charge is -2.09. The van der Waals surface area contributed by atoms with E-state index in [0.717, 1.165) is 16.9 Å². The number of alkyl halides is 2. The summed E-state index contributed by atoms with van der Waals surface area (Å²) in [6.45, 7) is 0.0525. The van der Waals surface area contributed by atoms with E-state index in [4.69, 9.17) is 0 Å². The van der Waals surface area contributed by atoms with Crippen molar-refractivity contribution >= 4 is 16.9 Å². The topological polar surface area (TPSA) is 56.2 Å². The van der Waals surface area contributed by atoms with Gasteiger partial charge in [-0.15, -0.1) is 0 Å². The molecule has 2 aromatic carbocycles. The first kappa shape index (κ1) is 16.9. The number of carbonyl (C=O) groups excluding carboxylic acids is 1. The van der Waals surface area contributed by atoms with Crippen LogP contribution in [0.25, 0.3) is 11.0 Å². The predicted octanol–water partition coefficient (Wildman–Crippen LogP) is 3.38. The second kappa shape index (κ2) is 7.29. The van der Waals surface area contributed by atoms with Gasteiger partial charge < -0.3 is 14.6 Å². The number of amides is 1. The Kier molecular flexibility index (Phi) is 4.92. The van der Waals surface area contributed by atoms with Crippen molar-refractivity contribution in [3.63, 3.8) is 0 Å². The van der Waals surface area contributed by atoms with Crippen LogP contribution in [-0.4, -0.2) is 28.6 Å². The van der Waals surface area contributed by atoms with Crippen molar-refractivity contribution in [2.75, 3.05) is 6.54 Å². The Morgan fingerprint density at radius 3 is 2.64 bits per heavy atom. The van der Waals surface area contributed by atoms with Gasteiger partial charge in [0.1, 0.15) is 11.6 Å². The number of benzene rings is 2. The lowest BCUT2D eigenvalue weighted by atomic mass is 10.2. The number of halogens is 2. The lowest BCUT2D eigenvalue weighted by Crippen LogP contribution is -2.27. The molecule has 1 aromatic heterocycles. The molecular weight excluding hydrogens is 328 g/mol. The monoisotopic (exact) mass is 345 g/mol. The van der Waals surface area contributed by atoms with E-state index in [0.29, 0.717) is 18.7 Å². The number of hydrogen-bond donors (Lipinski definition) is 1. The third-order valence-electron chi connectivity index (χ3n) is 3.81. The molecule has 0 aliphatic rings. The number of nitrogens with zero attached hydrogens (tertiary/aromatic N) is 2. The predicted molar refractivity (Wildman–Crippen MR) is 89.9 cm³/mol. The van der Waals surface area contributed by atoms with Gasteiger partial charge in [-0.25, -0.2) is 4.98 Å². The number of nitrogens with one attached hydrogen (secondary N) is 1. The van der Waals surface area contributed by atoms with Crippen LogP contribution in [0.2, 0.25) is 0 Å². The van der Waals surface area contributed by atoms with Gasteiger partial charge in [0, 0.05) is 18.7 Å². The summed E-state index contributed by atoms with van der Waals surface area (Å²) in [7, 11) is 0. The number of fused-ring (bicyclic) bond motifs is 1. The molecule has 0 spiro atoms. The van der Waals surface area contributed by atoms with Gasteiger partial charge >= 0.3 is 6.61 Å². The third kappa shape index (κ3) is 3.93. The van der Waals surface area contributed by atoms with Crippen LogP contribution >= 0.6 is 0 Å². The molecule has 3 aromatic rings. The number of ether oxygens (including phenoxy) is 1. The third-order valence-corrected chi connectivity index (χ3v) is 3.81. The van der Waals surface area contributed by atoms with E-state index < -0.39 is 6.61 Å². The van der Waals surface area contributed by atoms with Crippen LogP contribution in [0, 0.1) is 6.92 Å². The van der Waals surface area contributed by atoms with Gasteiger partial charge in [-0.1, -0.05) is 12.1 Å². The van der Waals surface area contributed by atoms with E-state index in [1.165, 1.54) is 24.3 Å². The summed E-state index contributed by atoms with van der Waals surface area (Å²) in [5.41, 5.74) is 2.32. The molecular formula is C18H17F2N3O2. The minimum atomic E-state index is -2.88. The maximum absolute atomic E-state index is 12.1. The van der Waals surface area contributed by atoms with Crippen molar-refractivity contribution in [3.05, 3.63) is 59.9 Å². The normalized spacial score (nSPS) is 11.0. The second-order valence-corrected chi connectivity index (χ2v) is 5.46. The number of aromatic nitrogens is 2. The fourth-order valence-corrected chi connectivity index (χ4v) is 2.65. The van der Waals surface area contributed by atoms with Gasteiger partial charge in [0.2, 0.25) is 0 Å². The molecule has 0 atom stereocenters. The Balaban J connectivity index is 1.59. The van der Waals surface area contributed by atoms with Crippen molar-refractivity contribution in [3.8, 4) is 5.75 Å². The fourth-order valence-electron chi connectivity index (χ4n) is 2.65. The van der Waals surface area contributed by atoms with Crippen LogP contribution in [-0.2, 0) is 6.54 Å². The van der Waals surface area contributed by atoms with Crippen molar-refractivity contribution in [1.82, 2.24) is 14.9 Å². The molecule has 0 aliphatic carbocycles. The molecule has 0 saturated heterocycles. The second-order valence-electron chi connectivity index (χ2n) is 5.46. The molecule has 0 radical (unpaired) electrons. The number of para-hydroxylation sites is 2. The smallest absolute Gasteiger partial charge is 0.387 e. The Morgan fingerprint density at radius 2 is 1.92 bits per heavy atom. The van der Waals surface area contributed by atoms with Crippen molar-refractivity contribution in [1.29, 1.82) is 0 Å². The van der Waals surface area contributed by atoms with Crippen LogP contribution in [0.4, 0.5) is 8.78 Å². The number of hydrogen-bond acceptors (Lipinski definition) is 3. The SMILES string of the molecule is Cc1nc2ccccc2n1CCNC(=O)c1ccc(OC(F)F)cc1. The summed E-state index contributed by atoms with van der Waals surface area (Å²) >= 11 is 0. The maximum atomic E-state index is 12.1. The molecule has 7 heteroatoms. The van der Waals surface area contributed by atoms with Crippen LogP contribution in [0.3, 0.4) is 0 Å². The molecule has 0 bridgehead atoms.